The monoisotopic (exact) mass is 245 g/mol. The van der Waals surface area contributed by atoms with Crippen LogP contribution in [0.1, 0.15) is 12.8 Å². The predicted octanol–water partition coefficient (Wildman–Crippen LogP) is 1.32. The average Bonchev–Trinajstić information content (AvgIpc) is 2.18. The lowest BCUT2D eigenvalue weighted by molar-refractivity contribution is 0.310. The minimum Gasteiger partial charge on any atom is -0.491 e. The van der Waals surface area contributed by atoms with Crippen molar-refractivity contribution >= 4 is 15.8 Å². The Hall–Kier alpha value is -1.27. The number of unbranched alkanes of at least 4 members (excludes halogenated alkanes) is 1. The van der Waals surface area contributed by atoms with Crippen LogP contribution >= 0.6 is 0 Å². The molecule has 1 aromatic carbocycles. The van der Waals surface area contributed by atoms with Crippen molar-refractivity contribution in [3.05, 3.63) is 24.3 Å². The van der Waals surface area contributed by atoms with Crippen LogP contribution in [0, 0.1) is 0 Å². The Balaban J connectivity index is 2.24. The summed E-state index contributed by atoms with van der Waals surface area (Å²) in [7, 11) is -3.86. The molecule has 0 bridgehead atoms. The van der Waals surface area contributed by atoms with Crippen molar-refractivity contribution in [3.8, 4) is 5.75 Å². The lowest BCUT2D eigenvalue weighted by Gasteiger charge is -2.07. The molecule has 0 aliphatic carbocycles. The van der Waals surface area contributed by atoms with Crippen molar-refractivity contribution in [1.82, 2.24) is 0 Å². The molecule has 3 N–H and O–H groups in total. The molecule has 16 heavy (non-hydrogen) atoms. The quantitative estimate of drug-likeness (QED) is 0.448. The van der Waals surface area contributed by atoms with Crippen LogP contribution < -0.4 is 10.5 Å². The van der Waals surface area contributed by atoms with E-state index in [0.717, 1.165) is 0 Å². The van der Waals surface area contributed by atoms with E-state index in [0.29, 0.717) is 30.9 Å². The Bertz CT molecular complexity index is 430. The molecule has 0 radical (unpaired) electrons. The zero-order valence-electron chi connectivity index (χ0n) is 8.80. The van der Waals surface area contributed by atoms with Crippen molar-refractivity contribution in [2.24, 2.45) is 0 Å². The van der Waals surface area contributed by atoms with E-state index >= 15 is 0 Å². The van der Waals surface area contributed by atoms with Gasteiger partial charge in [0.1, 0.15) is 5.75 Å². The maximum atomic E-state index is 10.4. The molecule has 0 atom stereocenters. The highest BCUT2D eigenvalue weighted by Crippen LogP contribution is 2.19. The molecule has 0 aromatic heterocycles. The maximum Gasteiger partial charge on any atom is 0.264 e. The van der Waals surface area contributed by atoms with Gasteiger partial charge in [0.15, 0.2) is 0 Å². The van der Waals surface area contributed by atoms with E-state index < -0.39 is 10.1 Å². The highest BCUT2D eigenvalue weighted by Gasteiger charge is 2.04. The number of nitrogen functional groups attached to an aromatic ring is 1. The molecule has 0 amide bonds. The van der Waals surface area contributed by atoms with Gasteiger partial charge >= 0.3 is 0 Å². The van der Waals surface area contributed by atoms with Gasteiger partial charge in [-0.3, -0.25) is 4.55 Å². The van der Waals surface area contributed by atoms with Gasteiger partial charge < -0.3 is 10.5 Å². The normalized spacial score (nSPS) is 11.3. The maximum absolute atomic E-state index is 10.4. The van der Waals surface area contributed by atoms with Crippen molar-refractivity contribution in [2.75, 3.05) is 18.1 Å². The topological polar surface area (TPSA) is 89.6 Å². The molecule has 90 valence electrons. The Morgan fingerprint density at radius 3 is 2.56 bits per heavy atom. The second kappa shape index (κ2) is 5.72. The molecule has 1 rings (SSSR count). The number of anilines is 1. The number of benzene rings is 1. The standard InChI is InChI=1S/C10H15NO4S/c11-9-5-1-2-6-10(9)15-7-3-4-8-16(12,13)14/h1-2,5-6H,3-4,7-8,11H2,(H,12,13,14). The first-order valence-corrected chi connectivity index (χ1v) is 6.52. The highest BCUT2D eigenvalue weighted by atomic mass is 32.2. The smallest absolute Gasteiger partial charge is 0.264 e. The lowest BCUT2D eigenvalue weighted by atomic mass is 10.3. The zero-order chi connectivity index (χ0) is 12.0. The summed E-state index contributed by atoms with van der Waals surface area (Å²) < 4.78 is 34.7. The fourth-order valence-corrected chi connectivity index (χ4v) is 1.75. The zero-order valence-corrected chi connectivity index (χ0v) is 9.61. The van der Waals surface area contributed by atoms with E-state index in [1.807, 2.05) is 6.07 Å². The molecular weight excluding hydrogens is 230 g/mol. The Morgan fingerprint density at radius 2 is 1.94 bits per heavy atom. The largest absolute Gasteiger partial charge is 0.491 e. The van der Waals surface area contributed by atoms with E-state index in [9.17, 15) is 8.42 Å². The molecule has 0 aliphatic rings. The first-order valence-electron chi connectivity index (χ1n) is 4.91. The summed E-state index contributed by atoms with van der Waals surface area (Å²) in [6.07, 6.45) is 0.916. The third-order valence-electron chi connectivity index (χ3n) is 1.97. The van der Waals surface area contributed by atoms with Crippen LogP contribution in [-0.2, 0) is 10.1 Å². The predicted molar refractivity (Wildman–Crippen MR) is 62.0 cm³/mol. The second-order valence-electron chi connectivity index (χ2n) is 3.38. The van der Waals surface area contributed by atoms with E-state index in [1.165, 1.54) is 0 Å². The van der Waals surface area contributed by atoms with Gasteiger partial charge in [-0.15, -0.1) is 0 Å². The third-order valence-corrected chi connectivity index (χ3v) is 2.78. The molecule has 0 heterocycles. The van der Waals surface area contributed by atoms with Gasteiger partial charge in [-0.2, -0.15) is 8.42 Å². The van der Waals surface area contributed by atoms with Crippen LogP contribution in [-0.4, -0.2) is 25.3 Å². The molecule has 0 unspecified atom stereocenters. The molecule has 1 aromatic rings. The van der Waals surface area contributed by atoms with Crippen molar-refractivity contribution in [2.45, 2.75) is 12.8 Å². The SMILES string of the molecule is Nc1ccccc1OCCCCS(=O)(=O)O. The number of hydrogen-bond acceptors (Lipinski definition) is 4. The minimum absolute atomic E-state index is 0.235. The Kier molecular flexibility index (Phi) is 4.57. The van der Waals surface area contributed by atoms with Gasteiger partial charge in [-0.25, -0.2) is 0 Å². The summed E-state index contributed by atoms with van der Waals surface area (Å²) in [6, 6.07) is 7.09. The average molecular weight is 245 g/mol. The van der Waals surface area contributed by atoms with Crippen molar-refractivity contribution in [1.29, 1.82) is 0 Å². The number of nitrogens with two attached hydrogens (primary N) is 1. The van der Waals surface area contributed by atoms with Crippen LogP contribution in [0.5, 0.6) is 5.75 Å². The fraction of sp³-hybridized carbons (Fsp3) is 0.400. The molecule has 0 saturated heterocycles. The lowest BCUT2D eigenvalue weighted by Crippen LogP contribution is -2.06. The summed E-state index contributed by atoms with van der Waals surface area (Å²) in [6.45, 7) is 0.379. The van der Waals surface area contributed by atoms with Gasteiger partial charge in [0.25, 0.3) is 10.1 Å². The van der Waals surface area contributed by atoms with Gasteiger partial charge in [0.2, 0.25) is 0 Å². The summed E-state index contributed by atoms with van der Waals surface area (Å²) in [5.74, 6) is 0.357. The van der Waals surface area contributed by atoms with Gasteiger partial charge in [0.05, 0.1) is 18.0 Å². The molecule has 0 fully saturated rings. The van der Waals surface area contributed by atoms with Crippen LogP contribution in [0.4, 0.5) is 5.69 Å². The van der Waals surface area contributed by atoms with Crippen LogP contribution in [0.25, 0.3) is 0 Å². The summed E-state index contributed by atoms with van der Waals surface area (Å²) in [5.41, 5.74) is 6.20. The number of hydrogen-bond donors (Lipinski definition) is 2. The van der Waals surface area contributed by atoms with Crippen molar-refractivity contribution < 1.29 is 17.7 Å². The molecule has 0 aliphatic heterocycles. The van der Waals surface area contributed by atoms with Crippen molar-refractivity contribution in [3.63, 3.8) is 0 Å². The van der Waals surface area contributed by atoms with Crippen LogP contribution in [0.3, 0.4) is 0 Å². The third kappa shape index (κ3) is 4.99. The molecule has 0 spiro atoms. The number of para-hydroxylation sites is 2. The first-order chi connectivity index (χ1) is 7.49. The first kappa shape index (κ1) is 12.8. The summed E-state index contributed by atoms with van der Waals surface area (Å²) in [4.78, 5) is 0. The molecular formula is C10H15NO4S. The van der Waals surface area contributed by atoms with Gasteiger partial charge in [0, 0.05) is 0 Å². The Morgan fingerprint density at radius 1 is 1.25 bits per heavy atom. The summed E-state index contributed by atoms with van der Waals surface area (Å²) >= 11 is 0. The van der Waals surface area contributed by atoms with Crippen LogP contribution in [0.15, 0.2) is 24.3 Å². The summed E-state index contributed by atoms with van der Waals surface area (Å²) in [5, 5.41) is 0. The highest BCUT2D eigenvalue weighted by molar-refractivity contribution is 7.85. The minimum atomic E-state index is -3.86. The van der Waals surface area contributed by atoms with E-state index in [1.54, 1.807) is 18.2 Å². The van der Waals surface area contributed by atoms with E-state index in [4.69, 9.17) is 15.0 Å². The second-order valence-corrected chi connectivity index (χ2v) is 4.95. The molecule has 6 heteroatoms. The van der Waals surface area contributed by atoms with E-state index in [2.05, 4.69) is 0 Å². The van der Waals surface area contributed by atoms with Gasteiger partial charge in [-0.1, -0.05) is 12.1 Å². The molecule has 5 nitrogen and oxygen atoms in total. The van der Waals surface area contributed by atoms with Crippen LogP contribution in [0.2, 0.25) is 0 Å². The number of rotatable bonds is 6. The fourth-order valence-electron chi connectivity index (χ4n) is 1.18. The van der Waals surface area contributed by atoms with Gasteiger partial charge in [-0.05, 0) is 25.0 Å². The number of ether oxygens (including phenoxy) is 1. The molecule has 0 saturated carbocycles. The van der Waals surface area contributed by atoms with E-state index in [-0.39, 0.29) is 5.75 Å². The Labute approximate surface area is 95.0 Å².